The molecule has 0 spiro atoms. The Hall–Kier alpha value is -3.14. The second-order valence-electron chi connectivity index (χ2n) is 3.68. The van der Waals surface area contributed by atoms with Crippen molar-refractivity contribution in [1.82, 2.24) is 19.7 Å². The Kier molecular flexibility index (Phi) is 2.47. The maximum absolute atomic E-state index is 9.20. The summed E-state index contributed by atoms with van der Waals surface area (Å²) in [6.07, 6.45) is 4.47. The van der Waals surface area contributed by atoms with Crippen LogP contribution in [-0.2, 0) is 0 Å². The smallest absolute Gasteiger partial charge is 0.159 e. The van der Waals surface area contributed by atoms with Crippen molar-refractivity contribution in [2.75, 3.05) is 5.73 Å². The third-order valence-corrected chi connectivity index (χ3v) is 2.57. The van der Waals surface area contributed by atoms with Gasteiger partial charge in [-0.2, -0.15) is 15.0 Å². The topological polar surface area (TPSA) is 107 Å². The Morgan fingerprint density at radius 1 is 1.37 bits per heavy atom. The first-order chi connectivity index (χ1) is 9.31. The fourth-order valence-electron chi connectivity index (χ4n) is 1.71. The maximum atomic E-state index is 9.20. The molecule has 0 bridgehead atoms. The van der Waals surface area contributed by atoms with Crippen LogP contribution in [0.1, 0.15) is 5.56 Å². The van der Waals surface area contributed by atoms with Crippen molar-refractivity contribution >= 4 is 5.82 Å². The highest BCUT2D eigenvalue weighted by Gasteiger charge is 2.20. The lowest BCUT2D eigenvalue weighted by atomic mass is 10.2. The van der Waals surface area contributed by atoms with Gasteiger partial charge in [0.05, 0.1) is 6.26 Å². The van der Waals surface area contributed by atoms with Gasteiger partial charge in [0.1, 0.15) is 29.5 Å². The van der Waals surface area contributed by atoms with Crippen molar-refractivity contribution < 1.29 is 4.42 Å². The van der Waals surface area contributed by atoms with Crippen molar-refractivity contribution in [2.45, 2.75) is 0 Å². The highest BCUT2D eigenvalue weighted by Crippen LogP contribution is 2.28. The minimum Gasteiger partial charge on any atom is -0.463 e. The van der Waals surface area contributed by atoms with Crippen molar-refractivity contribution in [3.63, 3.8) is 0 Å². The molecule has 7 nitrogen and oxygen atoms in total. The van der Waals surface area contributed by atoms with Gasteiger partial charge in [-0.15, -0.1) is 0 Å². The second-order valence-corrected chi connectivity index (χ2v) is 3.68. The van der Waals surface area contributed by atoms with Gasteiger partial charge in [-0.3, -0.25) is 0 Å². The third-order valence-electron chi connectivity index (χ3n) is 2.57. The molecule has 2 N–H and O–H groups in total. The zero-order valence-electron chi connectivity index (χ0n) is 9.69. The fourth-order valence-corrected chi connectivity index (χ4v) is 1.71. The highest BCUT2D eigenvalue weighted by molar-refractivity contribution is 5.70. The van der Waals surface area contributed by atoms with E-state index in [4.69, 9.17) is 10.2 Å². The number of nitrogens with two attached hydrogens (primary N) is 1. The molecular weight excluding hydrogens is 244 g/mol. The van der Waals surface area contributed by atoms with Crippen LogP contribution in [0.4, 0.5) is 5.82 Å². The number of aromatic nitrogens is 4. The van der Waals surface area contributed by atoms with Gasteiger partial charge in [0.25, 0.3) is 0 Å². The first-order valence-corrected chi connectivity index (χ1v) is 5.40. The number of anilines is 1. The number of nitriles is 1. The first kappa shape index (κ1) is 11.0. The van der Waals surface area contributed by atoms with Gasteiger partial charge in [-0.1, -0.05) is 0 Å². The van der Waals surface area contributed by atoms with Gasteiger partial charge >= 0.3 is 0 Å². The molecule has 0 saturated heterocycles. The molecule has 0 aliphatic heterocycles. The van der Waals surface area contributed by atoms with Gasteiger partial charge in [-0.05, 0) is 12.1 Å². The van der Waals surface area contributed by atoms with Crippen LogP contribution in [0.15, 0.2) is 41.4 Å². The first-order valence-electron chi connectivity index (χ1n) is 5.40. The number of nitrogen functional groups attached to an aromatic ring is 1. The van der Waals surface area contributed by atoms with Crippen LogP contribution in [0, 0.1) is 11.3 Å². The van der Waals surface area contributed by atoms with Crippen LogP contribution in [0.2, 0.25) is 0 Å². The Labute approximate surface area is 107 Å². The molecule has 3 aromatic rings. The Bertz CT molecular complexity index is 739. The molecule has 0 fully saturated rings. The summed E-state index contributed by atoms with van der Waals surface area (Å²) in [6, 6.07) is 7.11. The zero-order chi connectivity index (χ0) is 13.2. The molecule has 3 rings (SSSR count). The average Bonchev–Trinajstić information content (AvgIpc) is 3.07. The Morgan fingerprint density at radius 2 is 2.26 bits per heavy atom. The lowest BCUT2D eigenvalue weighted by Gasteiger charge is -2.00. The minimum atomic E-state index is 0.215. The largest absolute Gasteiger partial charge is 0.463 e. The summed E-state index contributed by atoms with van der Waals surface area (Å²) in [7, 11) is 0. The summed E-state index contributed by atoms with van der Waals surface area (Å²) in [4.78, 5) is 7.87. The highest BCUT2D eigenvalue weighted by atomic mass is 16.3. The minimum absolute atomic E-state index is 0.215. The molecule has 0 atom stereocenters. The monoisotopic (exact) mass is 252 g/mol. The van der Waals surface area contributed by atoms with Crippen molar-refractivity contribution in [3.8, 4) is 23.3 Å². The van der Waals surface area contributed by atoms with Gasteiger partial charge in [-0.25, -0.2) is 9.97 Å². The van der Waals surface area contributed by atoms with Crippen LogP contribution in [0.5, 0.6) is 0 Å². The predicted molar refractivity (Wildman–Crippen MR) is 66.0 cm³/mol. The second kappa shape index (κ2) is 4.27. The number of furan rings is 1. The van der Waals surface area contributed by atoms with E-state index in [1.807, 2.05) is 6.07 Å². The van der Waals surface area contributed by atoms with Crippen molar-refractivity contribution in [1.29, 1.82) is 5.26 Å². The van der Waals surface area contributed by atoms with Gasteiger partial charge in [0.15, 0.2) is 11.6 Å². The molecule has 0 unspecified atom stereocenters. The maximum Gasteiger partial charge on any atom is 0.159 e. The number of rotatable bonds is 2. The van der Waals surface area contributed by atoms with E-state index < -0.39 is 0 Å². The number of nitrogens with zero attached hydrogens (tertiary/aromatic N) is 5. The summed E-state index contributed by atoms with van der Waals surface area (Å²) in [5, 5.41) is 13.5. The van der Waals surface area contributed by atoms with E-state index in [1.54, 1.807) is 24.4 Å². The molecule has 0 aliphatic carbocycles. The van der Waals surface area contributed by atoms with E-state index in [0.29, 0.717) is 17.3 Å². The van der Waals surface area contributed by atoms with E-state index in [-0.39, 0.29) is 11.4 Å². The van der Waals surface area contributed by atoms with E-state index in [1.165, 1.54) is 17.3 Å². The molecule has 92 valence electrons. The van der Waals surface area contributed by atoms with Crippen LogP contribution in [0.25, 0.3) is 17.3 Å². The van der Waals surface area contributed by atoms with Gasteiger partial charge in [0, 0.05) is 12.3 Å². The van der Waals surface area contributed by atoms with Gasteiger partial charge < -0.3 is 10.2 Å². The molecule has 0 radical (unpaired) electrons. The molecule has 3 heterocycles. The number of hydrogen-bond acceptors (Lipinski definition) is 6. The zero-order valence-corrected chi connectivity index (χ0v) is 9.69. The van der Waals surface area contributed by atoms with E-state index in [0.717, 1.165) is 0 Å². The summed E-state index contributed by atoms with van der Waals surface area (Å²) in [5.74, 6) is 1.19. The predicted octanol–water partition coefficient (Wildman–Crippen LogP) is 1.38. The van der Waals surface area contributed by atoms with Crippen molar-refractivity contribution in [2.24, 2.45) is 0 Å². The normalized spacial score (nSPS) is 10.3. The summed E-state index contributed by atoms with van der Waals surface area (Å²) >= 11 is 0. The summed E-state index contributed by atoms with van der Waals surface area (Å²) in [5.41, 5.74) is 6.58. The molecule has 0 amide bonds. The van der Waals surface area contributed by atoms with Crippen LogP contribution in [0.3, 0.4) is 0 Å². The lowest BCUT2D eigenvalue weighted by molar-refractivity contribution is 0.578. The lowest BCUT2D eigenvalue weighted by Crippen LogP contribution is -2.04. The van der Waals surface area contributed by atoms with Gasteiger partial charge in [0.2, 0.25) is 0 Å². The third kappa shape index (κ3) is 1.71. The Morgan fingerprint density at radius 3 is 2.89 bits per heavy atom. The summed E-state index contributed by atoms with van der Waals surface area (Å²) < 4.78 is 6.64. The molecule has 0 aliphatic rings. The quantitative estimate of drug-likeness (QED) is 0.738. The molecular formula is C12H8N6O. The van der Waals surface area contributed by atoms with Crippen LogP contribution < -0.4 is 5.73 Å². The van der Waals surface area contributed by atoms with E-state index in [2.05, 4.69) is 15.1 Å². The van der Waals surface area contributed by atoms with Crippen molar-refractivity contribution in [3.05, 3.63) is 42.5 Å². The molecule has 19 heavy (non-hydrogen) atoms. The number of hydrogen-bond donors (Lipinski definition) is 1. The Balaban J connectivity index is 2.22. The van der Waals surface area contributed by atoms with E-state index in [9.17, 15) is 5.26 Å². The van der Waals surface area contributed by atoms with Crippen LogP contribution in [-0.4, -0.2) is 19.7 Å². The average molecular weight is 252 g/mol. The molecule has 3 aromatic heterocycles. The molecule has 7 heteroatoms. The molecule has 0 saturated carbocycles. The molecule has 0 aromatic carbocycles. The fraction of sp³-hybridized carbons (Fsp3) is 0. The standard InChI is InChI=1S/C12H8N6O/c13-6-8-11(9-2-1-5-19-9)17-18(12(8)14)10-3-4-15-7-16-10/h1-5,7H,14H2. The SMILES string of the molecule is N#Cc1c(-c2ccco2)nn(-c2ccncn2)c1N. The summed E-state index contributed by atoms with van der Waals surface area (Å²) in [6.45, 7) is 0. The van der Waals surface area contributed by atoms with E-state index >= 15 is 0 Å². The van der Waals surface area contributed by atoms with Crippen LogP contribution >= 0.6 is 0 Å².